The normalized spacial score (nSPS) is 11.7. The van der Waals surface area contributed by atoms with Crippen molar-refractivity contribution in [2.75, 3.05) is 19.0 Å². The second-order valence-corrected chi connectivity index (χ2v) is 4.67. The van der Waals surface area contributed by atoms with Gasteiger partial charge in [0, 0.05) is 12.1 Å². The minimum Gasteiger partial charge on any atom is -0.496 e. The van der Waals surface area contributed by atoms with E-state index in [1.165, 1.54) is 24.0 Å². The number of rotatable bonds is 5. The molecule has 1 heterocycles. The summed E-state index contributed by atoms with van der Waals surface area (Å²) in [6.07, 6.45) is -0.855. The number of nitrogens with one attached hydrogen (secondary N) is 2. The van der Waals surface area contributed by atoms with E-state index < -0.39 is 12.1 Å². The molecule has 2 amide bonds. The van der Waals surface area contributed by atoms with Gasteiger partial charge in [-0.3, -0.25) is 5.32 Å². The number of benzene rings is 1. The van der Waals surface area contributed by atoms with Gasteiger partial charge in [0.15, 0.2) is 0 Å². The molecule has 0 bridgehead atoms. The van der Waals surface area contributed by atoms with Gasteiger partial charge in [-0.2, -0.15) is 0 Å². The summed E-state index contributed by atoms with van der Waals surface area (Å²) < 4.78 is 5.15. The zero-order chi connectivity index (χ0) is 14.4. The molecule has 2 aromatic rings. The number of aliphatic hydroxyl groups excluding tert-OH is 1. The molecule has 1 unspecified atom stereocenters. The number of urea groups is 1. The standard InChI is InChI=1S/C12H14N4O3S/c1-19-10-5-3-2-4-8(10)9(17)6-13-11(18)15-12-16-14-7-20-12/h2-5,7,9,17H,6H2,1H3,(H2,13,15,16,18). The van der Waals surface area contributed by atoms with Crippen molar-refractivity contribution < 1.29 is 14.6 Å². The molecule has 0 spiro atoms. The summed E-state index contributed by atoms with van der Waals surface area (Å²) in [4.78, 5) is 11.6. The lowest BCUT2D eigenvalue weighted by Crippen LogP contribution is -2.32. The number of amides is 2. The van der Waals surface area contributed by atoms with Gasteiger partial charge in [-0.25, -0.2) is 4.79 Å². The van der Waals surface area contributed by atoms with Crippen molar-refractivity contribution in [1.29, 1.82) is 0 Å². The van der Waals surface area contributed by atoms with Crippen molar-refractivity contribution in [3.05, 3.63) is 35.3 Å². The number of ether oxygens (including phenoxy) is 1. The van der Waals surface area contributed by atoms with Gasteiger partial charge in [-0.15, -0.1) is 10.2 Å². The Hall–Kier alpha value is -2.19. The second-order valence-electron chi connectivity index (χ2n) is 3.84. The summed E-state index contributed by atoms with van der Waals surface area (Å²) >= 11 is 1.21. The van der Waals surface area contributed by atoms with Crippen LogP contribution in [0.3, 0.4) is 0 Å². The molecule has 106 valence electrons. The smallest absolute Gasteiger partial charge is 0.321 e. The summed E-state index contributed by atoms with van der Waals surface area (Å²) in [5, 5.41) is 22.8. The maximum atomic E-state index is 11.6. The molecule has 0 fully saturated rings. The summed E-state index contributed by atoms with van der Waals surface area (Å²) in [6, 6.07) is 6.65. The van der Waals surface area contributed by atoms with Crippen molar-refractivity contribution in [1.82, 2.24) is 15.5 Å². The molecule has 2 rings (SSSR count). The molecule has 0 saturated heterocycles. The van der Waals surface area contributed by atoms with Crippen LogP contribution in [0.25, 0.3) is 0 Å². The van der Waals surface area contributed by atoms with Gasteiger partial charge in [0.1, 0.15) is 11.3 Å². The highest BCUT2D eigenvalue weighted by Crippen LogP contribution is 2.23. The first kappa shape index (κ1) is 14.2. The number of para-hydroxylation sites is 1. The van der Waals surface area contributed by atoms with Crippen molar-refractivity contribution in [3.63, 3.8) is 0 Å². The fraction of sp³-hybridized carbons (Fsp3) is 0.250. The lowest BCUT2D eigenvalue weighted by molar-refractivity contribution is 0.171. The largest absolute Gasteiger partial charge is 0.496 e. The van der Waals surface area contributed by atoms with Crippen LogP contribution in [0.2, 0.25) is 0 Å². The molecule has 0 radical (unpaired) electrons. The Labute approximate surface area is 119 Å². The quantitative estimate of drug-likeness (QED) is 0.774. The lowest BCUT2D eigenvalue weighted by atomic mass is 10.1. The highest BCUT2D eigenvalue weighted by molar-refractivity contribution is 7.13. The van der Waals surface area contributed by atoms with Crippen LogP contribution in [0.5, 0.6) is 5.75 Å². The molecule has 0 aliphatic rings. The Morgan fingerprint density at radius 3 is 3.00 bits per heavy atom. The molecule has 3 N–H and O–H groups in total. The van der Waals surface area contributed by atoms with Crippen molar-refractivity contribution >= 4 is 22.5 Å². The predicted molar refractivity (Wildman–Crippen MR) is 74.9 cm³/mol. The lowest BCUT2D eigenvalue weighted by Gasteiger charge is -2.15. The minimum absolute atomic E-state index is 0.0605. The third kappa shape index (κ3) is 3.65. The fourth-order valence-corrected chi connectivity index (χ4v) is 2.05. The van der Waals surface area contributed by atoms with Gasteiger partial charge in [0.25, 0.3) is 0 Å². The highest BCUT2D eigenvalue weighted by Gasteiger charge is 2.14. The van der Waals surface area contributed by atoms with Gasteiger partial charge >= 0.3 is 6.03 Å². The summed E-state index contributed by atoms with van der Waals surface area (Å²) in [5.41, 5.74) is 2.13. The van der Waals surface area contributed by atoms with Gasteiger partial charge in [0.05, 0.1) is 13.2 Å². The summed E-state index contributed by atoms with van der Waals surface area (Å²) in [6.45, 7) is 0.0605. The Bertz CT molecular complexity index is 562. The van der Waals surface area contributed by atoms with Crippen LogP contribution in [0.4, 0.5) is 9.93 Å². The van der Waals surface area contributed by atoms with E-state index in [9.17, 15) is 9.90 Å². The average molecular weight is 294 g/mol. The maximum Gasteiger partial charge on any atom is 0.321 e. The first-order valence-corrected chi connectivity index (χ1v) is 6.70. The van der Waals surface area contributed by atoms with Crippen LogP contribution in [-0.4, -0.2) is 35.0 Å². The predicted octanol–water partition coefficient (Wildman–Crippen LogP) is 1.40. The molecular formula is C12H14N4O3S. The van der Waals surface area contributed by atoms with Crippen molar-refractivity contribution in [2.45, 2.75) is 6.10 Å². The van der Waals surface area contributed by atoms with Crippen molar-refractivity contribution in [2.24, 2.45) is 0 Å². The third-order valence-corrected chi connectivity index (χ3v) is 3.14. The van der Waals surface area contributed by atoms with Crippen LogP contribution in [0, 0.1) is 0 Å². The number of hydrogen-bond donors (Lipinski definition) is 3. The highest BCUT2D eigenvalue weighted by atomic mass is 32.1. The first-order chi connectivity index (χ1) is 9.70. The Balaban J connectivity index is 1.88. The molecule has 0 aliphatic heterocycles. The number of carbonyl (C=O) groups is 1. The Kier molecular flexibility index (Phi) is 4.85. The van der Waals surface area contributed by atoms with E-state index in [-0.39, 0.29) is 6.54 Å². The van der Waals surface area contributed by atoms with Gasteiger partial charge in [-0.1, -0.05) is 29.5 Å². The number of anilines is 1. The number of carbonyl (C=O) groups excluding carboxylic acids is 1. The zero-order valence-corrected chi connectivity index (χ0v) is 11.6. The van der Waals surface area contributed by atoms with E-state index in [1.807, 2.05) is 6.07 Å². The van der Waals surface area contributed by atoms with Crippen LogP contribution in [-0.2, 0) is 0 Å². The van der Waals surface area contributed by atoms with Crippen LogP contribution in [0.15, 0.2) is 29.8 Å². The van der Waals surface area contributed by atoms with E-state index in [2.05, 4.69) is 20.8 Å². The van der Waals surface area contributed by atoms with Crippen molar-refractivity contribution in [3.8, 4) is 5.75 Å². The molecule has 1 aromatic carbocycles. The molecule has 8 heteroatoms. The van der Waals surface area contributed by atoms with E-state index in [4.69, 9.17) is 4.74 Å². The van der Waals surface area contributed by atoms with E-state index >= 15 is 0 Å². The Morgan fingerprint density at radius 2 is 2.30 bits per heavy atom. The van der Waals surface area contributed by atoms with Gasteiger partial charge in [0.2, 0.25) is 5.13 Å². The number of aromatic nitrogens is 2. The van der Waals surface area contributed by atoms with Gasteiger partial charge in [-0.05, 0) is 6.07 Å². The van der Waals surface area contributed by atoms with Crippen LogP contribution >= 0.6 is 11.3 Å². The monoisotopic (exact) mass is 294 g/mol. The SMILES string of the molecule is COc1ccccc1C(O)CNC(=O)Nc1nncs1. The summed E-state index contributed by atoms with van der Waals surface area (Å²) in [5.74, 6) is 0.575. The third-order valence-electron chi connectivity index (χ3n) is 2.53. The summed E-state index contributed by atoms with van der Waals surface area (Å²) in [7, 11) is 1.53. The number of hydrogen-bond acceptors (Lipinski definition) is 6. The molecule has 1 aromatic heterocycles. The fourth-order valence-electron chi connectivity index (χ4n) is 1.61. The van der Waals surface area contributed by atoms with Crippen LogP contribution in [0.1, 0.15) is 11.7 Å². The van der Waals surface area contributed by atoms with E-state index in [0.717, 1.165) is 0 Å². The average Bonchev–Trinajstić information content (AvgIpc) is 2.97. The molecule has 0 aliphatic carbocycles. The topological polar surface area (TPSA) is 96.4 Å². The van der Waals surface area contributed by atoms with Crippen LogP contribution < -0.4 is 15.4 Å². The minimum atomic E-state index is -0.855. The molecule has 20 heavy (non-hydrogen) atoms. The number of nitrogens with zero attached hydrogens (tertiary/aromatic N) is 2. The molecule has 7 nitrogen and oxygen atoms in total. The number of methoxy groups -OCH3 is 1. The molecule has 1 atom stereocenters. The van der Waals surface area contributed by atoms with E-state index in [1.54, 1.807) is 18.2 Å². The molecular weight excluding hydrogens is 280 g/mol. The Morgan fingerprint density at radius 1 is 1.50 bits per heavy atom. The maximum absolute atomic E-state index is 11.6. The van der Waals surface area contributed by atoms with Gasteiger partial charge < -0.3 is 15.2 Å². The zero-order valence-electron chi connectivity index (χ0n) is 10.7. The number of aliphatic hydroxyl groups is 1. The first-order valence-electron chi connectivity index (χ1n) is 5.82. The second kappa shape index (κ2) is 6.83. The van der Waals surface area contributed by atoms with E-state index in [0.29, 0.717) is 16.4 Å². The molecule has 0 saturated carbocycles.